The predicted molar refractivity (Wildman–Crippen MR) is 66.7 cm³/mol. The number of nitrogens with zero attached hydrogens (tertiary/aromatic N) is 2. The van der Waals surface area contributed by atoms with Crippen LogP contribution in [-0.4, -0.2) is 38.5 Å². The third kappa shape index (κ3) is 3.63. The van der Waals surface area contributed by atoms with Crippen molar-refractivity contribution >= 4 is 11.4 Å². The number of ether oxygens (including phenoxy) is 1. The van der Waals surface area contributed by atoms with E-state index in [9.17, 15) is 5.11 Å². The van der Waals surface area contributed by atoms with Crippen LogP contribution in [0.4, 0.5) is 11.4 Å². The van der Waals surface area contributed by atoms with Crippen molar-refractivity contribution < 1.29 is 9.84 Å². The van der Waals surface area contributed by atoms with E-state index in [1.165, 1.54) is 7.11 Å². The number of nitriles is 1. The Bertz CT molecular complexity index is 415. The fourth-order valence-electron chi connectivity index (χ4n) is 1.60. The van der Waals surface area contributed by atoms with Crippen LogP contribution in [0, 0.1) is 11.3 Å². The number of rotatable bonds is 5. The molecule has 0 aromatic heterocycles. The fourth-order valence-corrected chi connectivity index (χ4v) is 1.60. The summed E-state index contributed by atoms with van der Waals surface area (Å²) < 4.78 is 4.86. The number of hydrogen-bond donors (Lipinski definition) is 2. The number of anilines is 2. The van der Waals surface area contributed by atoms with Crippen molar-refractivity contribution in [2.24, 2.45) is 0 Å². The molecule has 17 heavy (non-hydrogen) atoms. The largest absolute Gasteiger partial charge is 0.397 e. The third-order valence-corrected chi connectivity index (χ3v) is 2.41. The Morgan fingerprint density at radius 1 is 1.59 bits per heavy atom. The van der Waals surface area contributed by atoms with Crippen molar-refractivity contribution in [1.82, 2.24) is 0 Å². The van der Waals surface area contributed by atoms with Crippen LogP contribution in [0.3, 0.4) is 0 Å². The fraction of sp³-hybridized carbons (Fsp3) is 0.417. The Kier molecular flexibility index (Phi) is 4.76. The van der Waals surface area contributed by atoms with Gasteiger partial charge in [0.25, 0.3) is 0 Å². The molecule has 5 nitrogen and oxygen atoms in total. The van der Waals surface area contributed by atoms with Gasteiger partial charge in [-0.1, -0.05) is 0 Å². The molecule has 3 N–H and O–H groups in total. The number of nitrogens with two attached hydrogens (primary N) is 1. The van der Waals surface area contributed by atoms with Crippen LogP contribution >= 0.6 is 0 Å². The molecule has 0 aliphatic rings. The molecular weight excluding hydrogens is 218 g/mol. The average molecular weight is 235 g/mol. The monoisotopic (exact) mass is 235 g/mol. The lowest BCUT2D eigenvalue weighted by Crippen LogP contribution is -2.32. The Hall–Kier alpha value is -1.77. The first-order chi connectivity index (χ1) is 8.08. The smallest absolute Gasteiger partial charge is 0.0992 e. The zero-order valence-corrected chi connectivity index (χ0v) is 10.1. The highest BCUT2D eigenvalue weighted by atomic mass is 16.5. The summed E-state index contributed by atoms with van der Waals surface area (Å²) in [6.07, 6.45) is -0.588. The first kappa shape index (κ1) is 13.3. The maximum Gasteiger partial charge on any atom is 0.0992 e. The van der Waals surface area contributed by atoms with Crippen molar-refractivity contribution in [2.45, 2.75) is 6.10 Å². The van der Waals surface area contributed by atoms with Gasteiger partial charge in [0, 0.05) is 20.7 Å². The lowest BCUT2D eigenvalue weighted by Gasteiger charge is -2.23. The summed E-state index contributed by atoms with van der Waals surface area (Å²) in [7, 11) is 3.35. The van der Waals surface area contributed by atoms with Gasteiger partial charge in [-0.05, 0) is 18.2 Å². The molecule has 0 heterocycles. The number of methoxy groups -OCH3 is 1. The number of aliphatic hydroxyl groups excluding tert-OH is 1. The van der Waals surface area contributed by atoms with Gasteiger partial charge in [0.05, 0.1) is 35.7 Å². The van der Waals surface area contributed by atoms with Crippen LogP contribution in [0.25, 0.3) is 0 Å². The van der Waals surface area contributed by atoms with E-state index in [-0.39, 0.29) is 6.61 Å². The number of likely N-dealkylation sites (N-methyl/N-ethyl adjacent to an activating group) is 1. The van der Waals surface area contributed by atoms with E-state index in [2.05, 4.69) is 6.07 Å². The van der Waals surface area contributed by atoms with Gasteiger partial charge in [0.2, 0.25) is 0 Å². The lowest BCUT2D eigenvalue weighted by molar-refractivity contribution is 0.0695. The summed E-state index contributed by atoms with van der Waals surface area (Å²) in [4.78, 5) is 1.81. The third-order valence-electron chi connectivity index (χ3n) is 2.41. The van der Waals surface area contributed by atoms with Crippen molar-refractivity contribution in [3.63, 3.8) is 0 Å². The first-order valence-electron chi connectivity index (χ1n) is 5.26. The van der Waals surface area contributed by atoms with Crippen LogP contribution in [0.15, 0.2) is 18.2 Å². The Morgan fingerprint density at radius 2 is 2.29 bits per heavy atom. The van der Waals surface area contributed by atoms with Crippen LogP contribution in [0.2, 0.25) is 0 Å². The van der Waals surface area contributed by atoms with Crippen LogP contribution < -0.4 is 10.6 Å². The minimum Gasteiger partial charge on any atom is -0.397 e. The molecular formula is C12H17N3O2. The van der Waals surface area contributed by atoms with E-state index in [1.807, 2.05) is 7.05 Å². The van der Waals surface area contributed by atoms with Gasteiger partial charge >= 0.3 is 0 Å². The van der Waals surface area contributed by atoms with Crippen LogP contribution in [-0.2, 0) is 4.74 Å². The van der Waals surface area contributed by atoms with E-state index >= 15 is 0 Å². The highest BCUT2D eigenvalue weighted by Gasteiger charge is 2.11. The Labute approximate surface area is 101 Å². The summed E-state index contributed by atoms with van der Waals surface area (Å²) in [5.74, 6) is 0. The van der Waals surface area contributed by atoms with Gasteiger partial charge in [0.15, 0.2) is 0 Å². The van der Waals surface area contributed by atoms with Gasteiger partial charge < -0.3 is 20.5 Å². The predicted octanol–water partition coefficient (Wildman–Crippen LogP) is 0.584. The molecule has 0 amide bonds. The minimum absolute atomic E-state index is 0.266. The molecule has 0 saturated heterocycles. The highest BCUT2D eigenvalue weighted by Crippen LogP contribution is 2.23. The van der Waals surface area contributed by atoms with Gasteiger partial charge in [-0.25, -0.2) is 0 Å². The average Bonchev–Trinajstić information content (AvgIpc) is 2.29. The molecule has 0 bridgehead atoms. The van der Waals surface area contributed by atoms with Crippen LogP contribution in [0.5, 0.6) is 0 Å². The molecule has 0 spiro atoms. The second kappa shape index (κ2) is 6.09. The molecule has 1 unspecified atom stereocenters. The quantitative estimate of drug-likeness (QED) is 0.730. The van der Waals surface area contributed by atoms with Crippen molar-refractivity contribution in [2.75, 3.05) is 37.9 Å². The molecule has 0 saturated carbocycles. The van der Waals surface area contributed by atoms with E-state index < -0.39 is 6.10 Å². The molecule has 1 aromatic carbocycles. The summed E-state index contributed by atoms with van der Waals surface area (Å²) in [6.45, 7) is 0.662. The molecule has 0 fully saturated rings. The molecule has 92 valence electrons. The second-order valence-corrected chi connectivity index (χ2v) is 3.88. The van der Waals surface area contributed by atoms with Gasteiger partial charge in [0.1, 0.15) is 0 Å². The van der Waals surface area contributed by atoms with E-state index in [4.69, 9.17) is 15.7 Å². The lowest BCUT2D eigenvalue weighted by atomic mass is 10.1. The molecule has 0 radical (unpaired) electrons. The number of nitrogen functional groups attached to an aromatic ring is 1. The van der Waals surface area contributed by atoms with Crippen LogP contribution in [0.1, 0.15) is 5.56 Å². The number of hydrogen-bond acceptors (Lipinski definition) is 5. The van der Waals surface area contributed by atoms with Gasteiger partial charge in [-0.3, -0.25) is 0 Å². The molecule has 0 aliphatic carbocycles. The highest BCUT2D eigenvalue weighted by molar-refractivity contribution is 5.69. The number of benzene rings is 1. The molecule has 1 atom stereocenters. The van der Waals surface area contributed by atoms with Crippen molar-refractivity contribution in [3.05, 3.63) is 23.8 Å². The normalized spacial score (nSPS) is 11.9. The Morgan fingerprint density at radius 3 is 2.88 bits per heavy atom. The van der Waals surface area contributed by atoms with Gasteiger partial charge in [-0.2, -0.15) is 5.26 Å². The van der Waals surface area contributed by atoms with Crippen molar-refractivity contribution in [3.8, 4) is 6.07 Å². The standard InChI is InChI=1S/C12H17N3O2/c1-15(7-10(16)8-17-2)12-5-9(6-13)3-4-11(12)14/h3-5,10,16H,7-8,14H2,1-2H3. The zero-order chi connectivity index (χ0) is 12.8. The molecule has 0 aliphatic heterocycles. The SMILES string of the molecule is COCC(O)CN(C)c1cc(C#N)ccc1N. The van der Waals surface area contributed by atoms with E-state index in [0.717, 1.165) is 5.69 Å². The summed E-state index contributed by atoms with van der Waals surface area (Å²) >= 11 is 0. The minimum atomic E-state index is -0.588. The van der Waals surface area contributed by atoms with Crippen molar-refractivity contribution in [1.29, 1.82) is 5.26 Å². The molecule has 1 rings (SSSR count). The topological polar surface area (TPSA) is 82.5 Å². The summed E-state index contributed by atoms with van der Waals surface area (Å²) in [6, 6.07) is 7.11. The van der Waals surface area contributed by atoms with E-state index in [0.29, 0.717) is 17.8 Å². The molecule has 1 aromatic rings. The van der Waals surface area contributed by atoms with Gasteiger partial charge in [-0.15, -0.1) is 0 Å². The second-order valence-electron chi connectivity index (χ2n) is 3.88. The maximum atomic E-state index is 9.63. The zero-order valence-electron chi connectivity index (χ0n) is 10.1. The summed E-state index contributed by atoms with van der Waals surface area (Å²) in [5, 5.41) is 18.4. The van der Waals surface area contributed by atoms with E-state index in [1.54, 1.807) is 23.1 Å². The molecule has 5 heteroatoms. The first-order valence-corrected chi connectivity index (χ1v) is 5.26. The summed E-state index contributed by atoms with van der Waals surface area (Å²) in [5.41, 5.74) is 7.69. The Balaban J connectivity index is 2.81. The maximum absolute atomic E-state index is 9.63. The number of aliphatic hydroxyl groups is 1.